The normalized spacial score (nSPS) is 16.5. The number of ketones is 1. The van der Waals surface area contributed by atoms with E-state index in [1.54, 1.807) is 0 Å². The SMILES string of the molecule is CCC(C)C([15NH2])[13C](=[18O])C(C)C. The highest BCUT2D eigenvalue weighted by atomic mass is 18.1. The van der Waals surface area contributed by atoms with Gasteiger partial charge in [-0.15, -0.1) is 0 Å². The van der Waals surface area contributed by atoms with Crippen LogP contribution in [0.1, 0.15) is 34.1 Å². The van der Waals surface area contributed by atoms with Crippen molar-refractivity contribution in [3.8, 4) is 0 Å². The van der Waals surface area contributed by atoms with Crippen molar-refractivity contribution < 1.29 is 4.79 Å². The summed E-state index contributed by atoms with van der Waals surface area (Å²) >= 11 is 0. The zero-order valence-electron chi connectivity index (χ0n) is 7.92. The second-order valence-electron chi connectivity index (χ2n) is 3.47. The van der Waals surface area contributed by atoms with E-state index in [1.807, 2.05) is 20.8 Å². The van der Waals surface area contributed by atoms with Crippen molar-refractivity contribution in [3.63, 3.8) is 0 Å². The lowest BCUT2D eigenvalue weighted by atomic mass is 10.0. The molecule has 0 fully saturated rings. The highest BCUT2D eigenvalue weighted by Gasteiger charge is 2.21. The Morgan fingerprint density at radius 3 is 2.09 bits per heavy atom. The zero-order chi connectivity index (χ0) is 9.02. The zero-order valence-corrected chi connectivity index (χ0v) is 7.92. The highest BCUT2D eigenvalue weighted by molar-refractivity contribution is 5.85. The molecule has 0 saturated heterocycles. The number of hydrogen-bond donors (Lipinski definition) is 1. The molecule has 0 radical (unpaired) electrons. The molecule has 0 aliphatic rings. The molecule has 0 bridgehead atoms. The third-order valence-corrected chi connectivity index (χ3v) is 2.15. The lowest BCUT2D eigenvalue weighted by molar-refractivity contribution is -0.124. The van der Waals surface area contributed by atoms with Crippen LogP contribution in [0, 0.1) is 11.8 Å². The fourth-order valence-corrected chi connectivity index (χ4v) is 0.919. The van der Waals surface area contributed by atoms with Crippen LogP contribution in [0.5, 0.6) is 0 Å². The van der Waals surface area contributed by atoms with Gasteiger partial charge in [-0.2, -0.15) is 0 Å². The molecule has 0 rings (SSSR count). The van der Waals surface area contributed by atoms with E-state index < -0.39 is 0 Å². The van der Waals surface area contributed by atoms with E-state index in [2.05, 4.69) is 6.92 Å². The van der Waals surface area contributed by atoms with Crippen molar-refractivity contribution >= 4 is 5.78 Å². The molecule has 2 unspecified atom stereocenters. The van der Waals surface area contributed by atoms with Gasteiger partial charge in [-0.1, -0.05) is 34.1 Å². The monoisotopic (exact) mass is 161 g/mol. The fourth-order valence-electron chi connectivity index (χ4n) is 0.919. The van der Waals surface area contributed by atoms with E-state index in [9.17, 15) is 4.79 Å². The maximum absolute atomic E-state index is 11.3. The molecule has 11 heavy (non-hydrogen) atoms. The Balaban J connectivity index is 4.02. The largest absolute Gasteiger partial charge is 0.321 e. The van der Waals surface area contributed by atoms with Crippen LogP contribution < -0.4 is 5.73 Å². The van der Waals surface area contributed by atoms with Crippen LogP contribution in [0.25, 0.3) is 0 Å². The van der Waals surface area contributed by atoms with Crippen molar-refractivity contribution in [2.24, 2.45) is 17.6 Å². The Hall–Kier alpha value is -0.370. The first-order valence-electron chi connectivity index (χ1n) is 4.30. The molecular formula is C9H19NO. The molecular weight excluding hydrogens is 142 g/mol. The molecule has 66 valence electrons. The van der Waals surface area contributed by atoms with Crippen LogP contribution in [-0.2, 0) is 4.79 Å². The lowest BCUT2D eigenvalue weighted by Gasteiger charge is -2.18. The Labute approximate surface area is 69.2 Å². The summed E-state index contributed by atoms with van der Waals surface area (Å²) in [7, 11) is 0. The van der Waals surface area contributed by atoms with Crippen molar-refractivity contribution in [1.82, 2.24) is 0 Å². The molecule has 2 heteroatoms. The molecule has 2 nitrogen and oxygen atoms in total. The molecule has 0 heterocycles. The molecule has 0 aliphatic heterocycles. The first-order chi connectivity index (χ1) is 5.00. The second kappa shape index (κ2) is 4.50. The van der Waals surface area contributed by atoms with Crippen LogP contribution in [-0.4, -0.2) is 11.8 Å². The van der Waals surface area contributed by atoms with E-state index in [1.165, 1.54) is 0 Å². The predicted molar refractivity (Wildman–Crippen MR) is 47.3 cm³/mol. The summed E-state index contributed by atoms with van der Waals surface area (Å²) in [5.41, 5.74) is 5.72. The van der Waals surface area contributed by atoms with Gasteiger partial charge in [0.05, 0.1) is 6.04 Å². The number of Topliss-reactive ketones (excluding diaryl/α,β-unsaturated/α-hetero) is 1. The molecule has 0 aromatic rings. The number of hydrogen-bond acceptors (Lipinski definition) is 2. The minimum Gasteiger partial charge on any atom is -0.321 e. The summed E-state index contributed by atoms with van der Waals surface area (Å²) in [6.07, 6.45) is 0.972. The molecule has 0 spiro atoms. The first kappa shape index (κ1) is 10.6. The Morgan fingerprint density at radius 2 is 1.82 bits per heavy atom. The topological polar surface area (TPSA) is 43.1 Å². The average Bonchev–Trinajstić information content (AvgIpc) is 2.00. The summed E-state index contributed by atoms with van der Waals surface area (Å²) in [6, 6.07) is -0.264. The fraction of sp³-hybridized carbons (Fsp3) is 0.889. The summed E-state index contributed by atoms with van der Waals surface area (Å²) in [5.74, 6) is 0.559. The second-order valence-corrected chi connectivity index (χ2v) is 3.47. The van der Waals surface area contributed by atoms with Crippen molar-refractivity contribution in [3.05, 3.63) is 0 Å². The Bertz CT molecular complexity index is 132. The van der Waals surface area contributed by atoms with E-state index in [-0.39, 0.29) is 17.7 Å². The van der Waals surface area contributed by atoms with Crippen molar-refractivity contribution in [2.45, 2.75) is 40.2 Å². The summed E-state index contributed by atoms with van der Waals surface area (Å²) < 4.78 is 0. The lowest BCUT2D eigenvalue weighted by Crippen LogP contribution is -2.39. The van der Waals surface area contributed by atoms with Crippen molar-refractivity contribution in [1.29, 1.82) is 0 Å². The molecule has 0 aromatic carbocycles. The predicted octanol–water partition coefficient (Wildman–Crippen LogP) is 1.58. The van der Waals surface area contributed by atoms with E-state index >= 15 is 0 Å². The van der Waals surface area contributed by atoms with Crippen LogP contribution in [0.2, 0.25) is 0 Å². The number of carbonyl (C=O) groups is 1. The molecule has 2 N–H and O–H groups in total. The average molecular weight is 161 g/mol. The number of nitrogens with two attached hydrogens (primary N) is 1. The van der Waals surface area contributed by atoms with E-state index in [4.69, 9.17) is 5.73 Å². The van der Waals surface area contributed by atoms with Gasteiger partial charge in [0.2, 0.25) is 0 Å². The molecule has 0 aliphatic carbocycles. The van der Waals surface area contributed by atoms with Gasteiger partial charge in [0, 0.05) is 5.92 Å². The molecule has 2 atom stereocenters. The van der Waals surface area contributed by atoms with Gasteiger partial charge < -0.3 is 5.73 Å². The quantitative estimate of drug-likeness (QED) is 0.386. The van der Waals surface area contributed by atoms with Crippen LogP contribution in [0.15, 0.2) is 0 Å². The molecule has 0 saturated carbocycles. The van der Waals surface area contributed by atoms with Gasteiger partial charge in [-0.05, 0) is 5.92 Å². The smallest absolute Gasteiger partial charge is 0.152 e. The third kappa shape index (κ3) is 3.02. The van der Waals surface area contributed by atoms with Gasteiger partial charge in [0.1, 0.15) is 0 Å². The standard InChI is InChI=1S/C9H19NO/c1-5-7(4)8(10)9(11)6(2)3/h6-8H,5,10H2,1-4H3/i9+1,10+1,11+2. The van der Waals surface area contributed by atoms with E-state index in [0.717, 1.165) is 6.42 Å². The number of carbonyl (C=O) groups excluding carboxylic acids is 1. The summed E-state index contributed by atoms with van der Waals surface area (Å²) in [6.45, 7) is 7.86. The number of rotatable bonds is 4. The van der Waals surface area contributed by atoms with Gasteiger partial charge in [0.15, 0.2) is 5.78 Å². The van der Waals surface area contributed by atoms with Crippen LogP contribution >= 0.6 is 0 Å². The minimum atomic E-state index is -0.264. The van der Waals surface area contributed by atoms with Crippen molar-refractivity contribution in [2.75, 3.05) is 0 Å². The highest BCUT2D eigenvalue weighted by Crippen LogP contribution is 2.10. The Kier molecular flexibility index (Phi) is 4.34. The first-order valence-corrected chi connectivity index (χ1v) is 4.30. The third-order valence-electron chi connectivity index (χ3n) is 2.15. The maximum Gasteiger partial charge on any atom is 0.152 e. The summed E-state index contributed by atoms with van der Waals surface area (Å²) in [5, 5.41) is 0. The molecule has 0 aromatic heterocycles. The van der Waals surface area contributed by atoms with E-state index in [0.29, 0.717) is 5.92 Å². The van der Waals surface area contributed by atoms with Gasteiger partial charge >= 0.3 is 0 Å². The minimum absolute atomic E-state index is 0.0685. The van der Waals surface area contributed by atoms with Gasteiger partial charge in [0.25, 0.3) is 0 Å². The molecule has 0 amide bonds. The van der Waals surface area contributed by atoms with Crippen LogP contribution in [0.3, 0.4) is 0 Å². The van der Waals surface area contributed by atoms with Crippen LogP contribution in [0.4, 0.5) is 0 Å². The van der Waals surface area contributed by atoms with Gasteiger partial charge in [-0.25, -0.2) is 0 Å². The Morgan fingerprint density at radius 1 is 1.36 bits per heavy atom. The van der Waals surface area contributed by atoms with Gasteiger partial charge in [-0.3, -0.25) is 4.79 Å². The maximum atomic E-state index is 11.3. The summed E-state index contributed by atoms with van der Waals surface area (Å²) in [4.78, 5) is 11.3.